The van der Waals surface area contributed by atoms with E-state index in [1.165, 1.54) is 25.7 Å². The van der Waals surface area contributed by atoms with Crippen molar-refractivity contribution < 1.29 is 14.6 Å². The standard InChI is InChI=1S/C19H30O3/c1-3-5-7-8-9-10-15-22-18-16(12-6-4-2)13-11-14-17(18)19(20)21/h11,13-14H,3-10,12,15H2,1-2H3,(H,20,21). The molecule has 124 valence electrons. The maximum Gasteiger partial charge on any atom is 0.339 e. The molecule has 0 saturated heterocycles. The van der Waals surface area contributed by atoms with Crippen LogP contribution in [0.25, 0.3) is 0 Å². The molecule has 0 radical (unpaired) electrons. The van der Waals surface area contributed by atoms with Gasteiger partial charge >= 0.3 is 5.97 Å². The Hall–Kier alpha value is -1.51. The molecule has 0 aliphatic carbocycles. The Morgan fingerprint density at radius 1 is 1.00 bits per heavy atom. The third kappa shape index (κ3) is 6.50. The minimum Gasteiger partial charge on any atom is -0.492 e. The number of aromatic carboxylic acids is 1. The first kappa shape index (κ1) is 18.5. The van der Waals surface area contributed by atoms with Gasteiger partial charge in [0.1, 0.15) is 11.3 Å². The molecule has 1 aromatic carbocycles. The molecule has 0 unspecified atom stereocenters. The Bertz CT molecular complexity index is 440. The Kier molecular flexibility index (Phi) is 9.36. The first-order valence-corrected chi connectivity index (χ1v) is 8.68. The molecule has 0 saturated carbocycles. The van der Waals surface area contributed by atoms with E-state index in [0.717, 1.165) is 37.7 Å². The fraction of sp³-hybridized carbons (Fsp3) is 0.632. The second kappa shape index (κ2) is 11.1. The average molecular weight is 306 g/mol. The summed E-state index contributed by atoms with van der Waals surface area (Å²) in [6.45, 7) is 4.96. The summed E-state index contributed by atoms with van der Waals surface area (Å²) >= 11 is 0. The Labute approximate surface area is 134 Å². The maximum absolute atomic E-state index is 11.4. The lowest BCUT2D eigenvalue weighted by Gasteiger charge is -2.14. The lowest BCUT2D eigenvalue weighted by atomic mass is 10.0. The number of aryl methyl sites for hydroxylation is 1. The average Bonchev–Trinajstić information content (AvgIpc) is 2.52. The molecule has 22 heavy (non-hydrogen) atoms. The molecular formula is C19H30O3. The fourth-order valence-corrected chi connectivity index (χ4v) is 2.54. The van der Waals surface area contributed by atoms with Crippen molar-refractivity contribution in [3.8, 4) is 5.75 Å². The van der Waals surface area contributed by atoms with E-state index in [0.29, 0.717) is 17.9 Å². The largest absolute Gasteiger partial charge is 0.492 e. The number of carbonyl (C=O) groups is 1. The van der Waals surface area contributed by atoms with Gasteiger partial charge in [-0.05, 0) is 30.9 Å². The molecule has 1 rings (SSSR count). The number of rotatable bonds is 12. The summed E-state index contributed by atoms with van der Waals surface area (Å²) in [5.74, 6) is -0.326. The van der Waals surface area contributed by atoms with Crippen LogP contribution in [0.5, 0.6) is 5.75 Å². The summed E-state index contributed by atoms with van der Waals surface area (Å²) in [7, 11) is 0. The van der Waals surface area contributed by atoms with Gasteiger partial charge in [0.15, 0.2) is 0 Å². The SMILES string of the molecule is CCCCCCCCOc1c(CCCC)cccc1C(=O)O. The Morgan fingerprint density at radius 2 is 1.68 bits per heavy atom. The monoisotopic (exact) mass is 306 g/mol. The van der Waals surface area contributed by atoms with Crippen molar-refractivity contribution in [3.05, 3.63) is 29.3 Å². The van der Waals surface area contributed by atoms with Crippen molar-refractivity contribution in [2.24, 2.45) is 0 Å². The van der Waals surface area contributed by atoms with Gasteiger partial charge in [-0.2, -0.15) is 0 Å². The summed E-state index contributed by atoms with van der Waals surface area (Å²) in [4.78, 5) is 11.4. The van der Waals surface area contributed by atoms with Gasteiger partial charge < -0.3 is 9.84 Å². The molecule has 1 aromatic rings. The van der Waals surface area contributed by atoms with Crippen LogP contribution in [0.3, 0.4) is 0 Å². The highest BCUT2D eigenvalue weighted by Crippen LogP contribution is 2.26. The molecule has 0 fully saturated rings. The number of hydrogen-bond acceptors (Lipinski definition) is 2. The minimum atomic E-state index is -0.906. The lowest BCUT2D eigenvalue weighted by Crippen LogP contribution is -2.07. The molecule has 0 atom stereocenters. The van der Waals surface area contributed by atoms with Crippen LogP contribution in [0.2, 0.25) is 0 Å². The molecule has 0 aliphatic heterocycles. The number of unbranched alkanes of at least 4 members (excludes halogenated alkanes) is 6. The van der Waals surface area contributed by atoms with E-state index < -0.39 is 5.97 Å². The number of para-hydroxylation sites is 1. The van der Waals surface area contributed by atoms with Gasteiger partial charge in [0.25, 0.3) is 0 Å². The van der Waals surface area contributed by atoms with Crippen molar-refractivity contribution >= 4 is 5.97 Å². The van der Waals surface area contributed by atoms with Crippen molar-refractivity contribution in [2.75, 3.05) is 6.61 Å². The van der Waals surface area contributed by atoms with E-state index >= 15 is 0 Å². The van der Waals surface area contributed by atoms with Crippen molar-refractivity contribution in [1.82, 2.24) is 0 Å². The van der Waals surface area contributed by atoms with Gasteiger partial charge in [0, 0.05) is 0 Å². The van der Waals surface area contributed by atoms with E-state index in [1.807, 2.05) is 12.1 Å². The predicted molar refractivity (Wildman–Crippen MR) is 90.9 cm³/mol. The second-order valence-corrected chi connectivity index (χ2v) is 5.82. The van der Waals surface area contributed by atoms with Crippen LogP contribution in [0.4, 0.5) is 0 Å². The topological polar surface area (TPSA) is 46.5 Å². The van der Waals surface area contributed by atoms with Crippen LogP contribution in [-0.2, 0) is 6.42 Å². The molecule has 0 bridgehead atoms. The highest BCUT2D eigenvalue weighted by molar-refractivity contribution is 5.91. The first-order chi connectivity index (χ1) is 10.7. The third-order valence-corrected chi connectivity index (χ3v) is 3.87. The molecule has 1 N–H and O–H groups in total. The number of ether oxygens (including phenoxy) is 1. The summed E-state index contributed by atoms with van der Waals surface area (Å²) in [6, 6.07) is 5.43. The number of hydrogen-bond donors (Lipinski definition) is 1. The van der Waals surface area contributed by atoms with Gasteiger partial charge in [0.2, 0.25) is 0 Å². The van der Waals surface area contributed by atoms with Gasteiger partial charge in [-0.25, -0.2) is 4.79 Å². The smallest absolute Gasteiger partial charge is 0.339 e. The van der Waals surface area contributed by atoms with E-state index in [1.54, 1.807) is 6.07 Å². The van der Waals surface area contributed by atoms with Gasteiger partial charge in [-0.3, -0.25) is 0 Å². The minimum absolute atomic E-state index is 0.291. The molecular weight excluding hydrogens is 276 g/mol. The van der Waals surface area contributed by atoms with E-state index in [-0.39, 0.29) is 0 Å². The number of carboxylic acids is 1. The van der Waals surface area contributed by atoms with Crippen LogP contribution in [-0.4, -0.2) is 17.7 Å². The molecule has 3 heteroatoms. The van der Waals surface area contributed by atoms with Crippen molar-refractivity contribution in [1.29, 1.82) is 0 Å². The Balaban J connectivity index is 2.56. The molecule has 0 amide bonds. The van der Waals surface area contributed by atoms with Gasteiger partial charge in [-0.1, -0.05) is 64.5 Å². The summed E-state index contributed by atoms with van der Waals surface area (Å²) in [5, 5.41) is 9.34. The lowest BCUT2D eigenvalue weighted by molar-refractivity contribution is 0.0692. The van der Waals surface area contributed by atoms with E-state index in [9.17, 15) is 9.90 Å². The molecule has 3 nitrogen and oxygen atoms in total. The quantitative estimate of drug-likeness (QED) is 0.521. The zero-order valence-electron chi connectivity index (χ0n) is 14.1. The predicted octanol–water partition coefficient (Wildman–Crippen LogP) is 5.47. The molecule has 0 aromatic heterocycles. The Morgan fingerprint density at radius 3 is 2.36 bits per heavy atom. The summed E-state index contributed by atoms with van der Waals surface area (Å²) < 4.78 is 5.85. The van der Waals surface area contributed by atoms with Crippen molar-refractivity contribution in [3.63, 3.8) is 0 Å². The maximum atomic E-state index is 11.4. The van der Waals surface area contributed by atoms with Crippen LogP contribution in [0, 0.1) is 0 Å². The zero-order chi connectivity index (χ0) is 16.2. The van der Waals surface area contributed by atoms with Crippen LogP contribution >= 0.6 is 0 Å². The summed E-state index contributed by atoms with van der Waals surface area (Å²) in [5.41, 5.74) is 1.31. The van der Waals surface area contributed by atoms with E-state index in [2.05, 4.69) is 13.8 Å². The van der Waals surface area contributed by atoms with Crippen LogP contribution in [0.15, 0.2) is 18.2 Å². The first-order valence-electron chi connectivity index (χ1n) is 8.68. The van der Waals surface area contributed by atoms with Crippen LogP contribution < -0.4 is 4.74 Å². The molecule has 0 heterocycles. The van der Waals surface area contributed by atoms with Crippen molar-refractivity contribution in [2.45, 2.75) is 71.6 Å². The number of carboxylic acid groups (broad SMARTS) is 1. The number of benzene rings is 1. The van der Waals surface area contributed by atoms with Gasteiger partial charge in [-0.15, -0.1) is 0 Å². The highest BCUT2D eigenvalue weighted by Gasteiger charge is 2.15. The molecule has 0 spiro atoms. The zero-order valence-corrected chi connectivity index (χ0v) is 14.1. The second-order valence-electron chi connectivity index (χ2n) is 5.82. The normalized spacial score (nSPS) is 10.6. The fourth-order valence-electron chi connectivity index (χ4n) is 2.54. The molecule has 0 aliphatic rings. The van der Waals surface area contributed by atoms with Gasteiger partial charge in [0.05, 0.1) is 6.61 Å². The van der Waals surface area contributed by atoms with Crippen LogP contribution in [0.1, 0.15) is 81.1 Å². The van der Waals surface area contributed by atoms with E-state index in [4.69, 9.17) is 4.74 Å². The third-order valence-electron chi connectivity index (χ3n) is 3.87. The summed E-state index contributed by atoms with van der Waals surface area (Å²) in [6.07, 6.45) is 10.2. The highest BCUT2D eigenvalue weighted by atomic mass is 16.5.